The Hall–Kier alpha value is -2.38. The van der Waals surface area contributed by atoms with Crippen LogP contribution in [0.3, 0.4) is 0 Å². The van der Waals surface area contributed by atoms with E-state index in [1.807, 2.05) is 6.92 Å². The number of aliphatic hydroxyl groups is 2. The number of carbonyl (C=O) groups excluding carboxylic acids is 2. The van der Waals surface area contributed by atoms with Crippen molar-refractivity contribution in [3.8, 4) is 5.75 Å². The number of rotatable bonds is 12. The van der Waals surface area contributed by atoms with Gasteiger partial charge in [0.1, 0.15) is 11.9 Å². The fourth-order valence-electron chi connectivity index (χ4n) is 2.48. The van der Waals surface area contributed by atoms with Crippen molar-refractivity contribution in [1.29, 1.82) is 0 Å². The summed E-state index contributed by atoms with van der Waals surface area (Å²) < 4.78 is 10.2. The number of allylic oxidation sites excluding steroid dienone is 2. The molecule has 1 atom stereocenters. The first-order valence-electron chi connectivity index (χ1n) is 9.68. The first kappa shape index (κ1) is 23.7. The van der Waals surface area contributed by atoms with Gasteiger partial charge in [-0.05, 0) is 43.4 Å². The monoisotopic (exact) mass is 393 g/mol. The van der Waals surface area contributed by atoms with Gasteiger partial charge in [-0.2, -0.15) is 0 Å². The van der Waals surface area contributed by atoms with Gasteiger partial charge in [0.15, 0.2) is 0 Å². The molecule has 0 aliphatic rings. The van der Waals surface area contributed by atoms with E-state index in [0.717, 1.165) is 24.8 Å². The number of amides is 1. The third kappa shape index (κ3) is 9.01. The van der Waals surface area contributed by atoms with Crippen molar-refractivity contribution in [1.82, 2.24) is 5.32 Å². The summed E-state index contributed by atoms with van der Waals surface area (Å²) in [6.45, 7) is 3.07. The van der Waals surface area contributed by atoms with Gasteiger partial charge >= 0.3 is 12.1 Å². The van der Waals surface area contributed by atoms with E-state index in [1.54, 1.807) is 24.3 Å². The van der Waals surface area contributed by atoms with Crippen molar-refractivity contribution in [3.63, 3.8) is 0 Å². The predicted octanol–water partition coefficient (Wildman–Crippen LogP) is 3.26. The lowest BCUT2D eigenvalue weighted by atomic mass is 10.0. The van der Waals surface area contributed by atoms with Crippen LogP contribution < -0.4 is 10.1 Å². The van der Waals surface area contributed by atoms with Crippen LogP contribution in [0.15, 0.2) is 36.4 Å². The summed E-state index contributed by atoms with van der Waals surface area (Å²) in [4.78, 5) is 23.7. The van der Waals surface area contributed by atoms with Crippen molar-refractivity contribution < 1.29 is 29.3 Å². The highest BCUT2D eigenvalue weighted by Crippen LogP contribution is 2.21. The van der Waals surface area contributed by atoms with Gasteiger partial charge in [0.25, 0.3) is 0 Å². The molecule has 0 fully saturated rings. The number of hydrogen-bond donors (Lipinski definition) is 3. The number of nitrogens with one attached hydrogen (secondary N) is 1. The minimum atomic E-state index is -0.947. The van der Waals surface area contributed by atoms with Gasteiger partial charge in [-0.1, -0.05) is 38.1 Å². The first-order chi connectivity index (χ1) is 13.5. The third-order valence-corrected chi connectivity index (χ3v) is 4.05. The molecule has 1 aromatic rings. The summed E-state index contributed by atoms with van der Waals surface area (Å²) >= 11 is 0. The second-order valence-corrected chi connectivity index (χ2v) is 6.31. The summed E-state index contributed by atoms with van der Waals surface area (Å²) in [5.41, 5.74) is 0.827. The SMILES string of the molecule is CC/C=C\CCCC(=O)Oc1ccc(C(CC)NC(=O)OC(CO)CO)cc1. The van der Waals surface area contributed by atoms with Crippen LogP contribution in [0.4, 0.5) is 4.79 Å². The Morgan fingerprint density at radius 1 is 1.11 bits per heavy atom. The number of hydrogen-bond acceptors (Lipinski definition) is 6. The van der Waals surface area contributed by atoms with Gasteiger partial charge in [-0.15, -0.1) is 0 Å². The van der Waals surface area contributed by atoms with E-state index < -0.39 is 25.4 Å². The summed E-state index contributed by atoms with van der Waals surface area (Å²) in [7, 11) is 0. The fourth-order valence-corrected chi connectivity index (χ4v) is 2.48. The molecule has 0 bridgehead atoms. The minimum Gasteiger partial charge on any atom is -0.441 e. The smallest absolute Gasteiger partial charge is 0.408 e. The van der Waals surface area contributed by atoms with E-state index in [0.29, 0.717) is 18.6 Å². The quantitative estimate of drug-likeness (QED) is 0.218. The van der Waals surface area contributed by atoms with Crippen LogP contribution >= 0.6 is 0 Å². The molecule has 0 aliphatic carbocycles. The lowest BCUT2D eigenvalue weighted by Gasteiger charge is -2.20. The maximum Gasteiger partial charge on any atom is 0.408 e. The van der Waals surface area contributed by atoms with Crippen LogP contribution in [0.5, 0.6) is 5.75 Å². The maximum atomic E-state index is 11.9. The van der Waals surface area contributed by atoms with Crippen molar-refractivity contribution >= 4 is 12.1 Å². The molecule has 0 aliphatic heterocycles. The highest BCUT2D eigenvalue weighted by atomic mass is 16.6. The van der Waals surface area contributed by atoms with E-state index >= 15 is 0 Å². The van der Waals surface area contributed by atoms with Crippen molar-refractivity contribution in [2.24, 2.45) is 0 Å². The lowest BCUT2D eigenvalue weighted by Crippen LogP contribution is -2.34. The van der Waals surface area contributed by atoms with E-state index in [9.17, 15) is 9.59 Å². The molecule has 0 radical (unpaired) electrons. The molecule has 0 saturated heterocycles. The van der Waals surface area contributed by atoms with E-state index in [4.69, 9.17) is 19.7 Å². The number of ether oxygens (including phenoxy) is 2. The number of esters is 1. The van der Waals surface area contributed by atoms with Crippen LogP contribution in [-0.4, -0.2) is 41.6 Å². The van der Waals surface area contributed by atoms with E-state index in [-0.39, 0.29) is 12.0 Å². The highest BCUT2D eigenvalue weighted by molar-refractivity contribution is 5.72. The molecule has 0 heterocycles. The molecule has 1 amide bonds. The second kappa shape index (κ2) is 13.7. The van der Waals surface area contributed by atoms with Gasteiger partial charge in [0.2, 0.25) is 0 Å². The zero-order valence-corrected chi connectivity index (χ0v) is 16.6. The molecular formula is C21H31NO6. The van der Waals surface area contributed by atoms with Gasteiger partial charge in [-0.25, -0.2) is 4.79 Å². The molecule has 1 unspecified atom stereocenters. The van der Waals surface area contributed by atoms with E-state index in [1.165, 1.54) is 0 Å². The van der Waals surface area contributed by atoms with Crippen LogP contribution in [0.1, 0.15) is 57.6 Å². The molecule has 7 nitrogen and oxygen atoms in total. The average Bonchev–Trinajstić information content (AvgIpc) is 2.70. The zero-order valence-electron chi connectivity index (χ0n) is 16.6. The summed E-state index contributed by atoms with van der Waals surface area (Å²) in [5, 5.41) is 20.6. The van der Waals surface area contributed by atoms with Crippen LogP contribution in [0.2, 0.25) is 0 Å². The number of unbranched alkanes of at least 4 members (excludes halogenated alkanes) is 1. The minimum absolute atomic E-state index is 0.273. The number of carbonyl (C=O) groups is 2. The molecule has 0 aromatic heterocycles. The van der Waals surface area contributed by atoms with Gasteiger partial charge in [-0.3, -0.25) is 4.79 Å². The molecule has 0 saturated carbocycles. The Labute approximate surface area is 166 Å². The summed E-state index contributed by atoms with van der Waals surface area (Å²) in [6.07, 6.45) is 6.05. The first-order valence-corrected chi connectivity index (χ1v) is 9.68. The predicted molar refractivity (Wildman–Crippen MR) is 106 cm³/mol. The fraction of sp³-hybridized carbons (Fsp3) is 0.524. The highest BCUT2D eigenvalue weighted by Gasteiger charge is 2.17. The Bertz CT molecular complexity index is 610. The summed E-state index contributed by atoms with van der Waals surface area (Å²) in [6, 6.07) is 6.61. The van der Waals surface area contributed by atoms with Crippen LogP contribution in [0, 0.1) is 0 Å². The molecule has 156 valence electrons. The van der Waals surface area contributed by atoms with Crippen molar-refractivity contribution in [2.45, 2.75) is 58.1 Å². The lowest BCUT2D eigenvalue weighted by molar-refractivity contribution is -0.134. The molecular weight excluding hydrogens is 362 g/mol. The molecule has 1 aromatic carbocycles. The Kier molecular flexibility index (Phi) is 11.6. The maximum absolute atomic E-state index is 11.9. The summed E-state index contributed by atoms with van der Waals surface area (Å²) in [5.74, 6) is 0.182. The Balaban J connectivity index is 2.53. The number of aliphatic hydroxyl groups excluding tert-OH is 2. The average molecular weight is 393 g/mol. The van der Waals surface area contributed by atoms with E-state index in [2.05, 4.69) is 24.4 Å². The molecule has 0 spiro atoms. The Morgan fingerprint density at radius 2 is 1.79 bits per heavy atom. The zero-order chi connectivity index (χ0) is 20.8. The third-order valence-electron chi connectivity index (χ3n) is 4.05. The number of benzene rings is 1. The Morgan fingerprint density at radius 3 is 2.36 bits per heavy atom. The standard InChI is InChI=1S/C21H31NO6/c1-3-5-6-7-8-9-20(25)27-17-12-10-16(11-13-17)19(4-2)22-21(26)28-18(14-23)15-24/h5-6,10-13,18-19,23-24H,3-4,7-9,14-15H2,1-2H3,(H,22,26)/b6-5-. The van der Waals surface area contributed by atoms with Crippen molar-refractivity contribution in [3.05, 3.63) is 42.0 Å². The second-order valence-electron chi connectivity index (χ2n) is 6.31. The molecule has 1 rings (SSSR count). The van der Waals surface area contributed by atoms with Gasteiger partial charge in [0.05, 0.1) is 19.3 Å². The van der Waals surface area contributed by atoms with Crippen LogP contribution in [-0.2, 0) is 9.53 Å². The molecule has 7 heteroatoms. The van der Waals surface area contributed by atoms with Gasteiger partial charge < -0.3 is 25.0 Å². The normalized spacial score (nSPS) is 12.2. The van der Waals surface area contributed by atoms with Gasteiger partial charge in [0, 0.05) is 6.42 Å². The van der Waals surface area contributed by atoms with Crippen molar-refractivity contribution in [2.75, 3.05) is 13.2 Å². The largest absolute Gasteiger partial charge is 0.441 e. The molecule has 3 N–H and O–H groups in total. The molecule has 28 heavy (non-hydrogen) atoms. The topological polar surface area (TPSA) is 105 Å². The number of alkyl carbamates (subject to hydrolysis) is 1. The van der Waals surface area contributed by atoms with Crippen LogP contribution in [0.25, 0.3) is 0 Å².